The van der Waals surface area contributed by atoms with E-state index in [2.05, 4.69) is 15.5 Å². The Hall–Kier alpha value is -2.78. The lowest BCUT2D eigenvalue weighted by Gasteiger charge is -2.14. The number of carbonyl (C=O) groups is 2. The van der Waals surface area contributed by atoms with Gasteiger partial charge in [0.1, 0.15) is 17.9 Å². The van der Waals surface area contributed by atoms with Crippen molar-refractivity contribution < 1.29 is 18.4 Å². The molecule has 146 valence electrons. The summed E-state index contributed by atoms with van der Waals surface area (Å²) in [6.07, 6.45) is 0.521. The molecule has 1 saturated carbocycles. The molecule has 0 saturated heterocycles. The minimum Gasteiger partial charge on any atom is -0.343 e. The van der Waals surface area contributed by atoms with Crippen LogP contribution in [0.25, 0.3) is 0 Å². The van der Waals surface area contributed by atoms with Crippen LogP contribution in [0.2, 0.25) is 0 Å². The van der Waals surface area contributed by atoms with Gasteiger partial charge in [0.15, 0.2) is 0 Å². The smallest absolute Gasteiger partial charge is 0.280 e. The predicted octanol–water partition coefficient (Wildman–Crippen LogP) is 2.25. The van der Waals surface area contributed by atoms with Crippen LogP contribution in [0.4, 0.5) is 14.5 Å². The zero-order chi connectivity index (χ0) is 19.7. The van der Waals surface area contributed by atoms with E-state index in [-0.39, 0.29) is 35.4 Å². The molecule has 27 heavy (non-hydrogen) atoms. The Kier molecular flexibility index (Phi) is 5.24. The number of alkyl halides is 2. The van der Waals surface area contributed by atoms with Gasteiger partial charge in [-0.25, -0.2) is 8.78 Å². The van der Waals surface area contributed by atoms with E-state index in [0.29, 0.717) is 12.2 Å². The fraction of sp³-hybridized carbons (Fsp3) is 0.529. The topological polar surface area (TPSA) is 85.0 Å². The second kappa shape index (κ2) is 7.45. The van der Waals surface area contributed by atoms with E-state index in [0.717, 1.165) is 17.5 Å². The Morgan fingerprint density at radius 3 is 2.59 bits per heavy atom. The van der Waals surface area contributed by atoms with Crippen LogP contribution in [0.15, 0.2) is 12.3 Å². The van der Waals surface area contributed by atoms with Crippen LogP contribution in [0.1, 0.15) is 54.0 Å². The molecule has 10 heteroatoms. The number of hydrogen-bond acceptors (Lipinski definition) is 4. The number of hydrogen-bond donors (Lipinski definition) is 1. The van der Waals surface area contributed by atoms with Crippen LogP contribution in [0.3, 0.4) is 0 Å². The van der Waals surface area contributed by atoms with Gasteiger partial charge in [0.2, 0.25) is 5.91 Å². The number of aryl methyl sites for hydroxylation is 1. The highest BCUT2D eigenvalue weighted by atomic mass is 19.3. The number of anilines is 1. The van der Waals surface area contributed by atoms with E-state index in [1.54, 1.807) is 14.1 Å². The second-order valence-corrected chi connectivity index (χ2v) is 6.70. The quantitative estimate of drug-likeness (QED) is 0.798. The SMILES string of the molecule is CCn1ncc(NC(=O)Cn2nc(C3CC3)cc2C(F)F)c1C(=O)N(C)C. The molecule has 3 rings (SSSR count). The fourth-order valence-corrected chi connectivity index (χ4v) is 2.81. The number of carbonyl (C=O) groups excluding carboxylic acids is 2. The van der Waals surface area contributed by atoms with Crippen LogP contribution in [0.5, 0.6) is 0 Å². The first-order valence-electron chi connectivity index (χ1n) is 8.74. The molecule has 2 heterocycles. The van der Waals surface area contributed by atoms with Gasteiger partial charge in [0.25, 0.3) is 12.3 Å². The van der Waals surface area contributed by atoms with E-state index >= 15 is 0 Å². The second-order valence-electron chi connectivity index (χ2n) is 6.70. The number of rotatable bonds is 7. The third-order valence-corrected chi connectivity index (χ3v) is 4.36. The van der Waals surface area contributed by atoms with Crippen molar-refractivity contribution in [2.45, 2.75) is 45.2 Å². The van der Waals surface area contributed by atoms with Crippen molar-refractivity contribution in [1.82, 2.24) is 24.5 Å². The van der Waals surface area contributed by atoms with Gasteiger partial charge in [-0.3, -0.25) is 19.0 Å². The van der Waals surface area contributed by atoms with E-state index in [1.807, 2.05) is 6.92 Å². The largest absolute Gasteiger partial charge is 0.343 e. The normalized spacial score (nSPS) is 13.9. The van der Waals surface area contributed by atoms with Crippen LogP contribution in [0, 0.1) is 0 Å². The summed E-state index contributed by atoms with van der Waals surface area (Å²) in [5.74, 6) is -0.655. The molecule has 1 aliphatic carbocycles. The number of nitrogens with one attached hydrogen (secondary N) is 1. The standard InChI is InChI=1S/C17H22F2N6O2/c1-4-24-15(17(27)23(2)3)12(8-20-24)21-14(26)9-25-13(16(18)19)7-11(22-25)10-5-6-10/h7-8,10,16H,4-6,9H2,1-3H3,(H,21,26). The van der Waals surface area contributed by atoms with Gasteiger partial charge in [-0.15, -0.1) is 0 Å². The molecule has 0 atom stereocenters. The lowest BCUT2D eigenvalue weighted by atomic mass is 10.3. The summed E-state index contributed by atoms with van der Waals surface area (Å²) in [6, 6.07) is 1.37. The Morgan fingerprint density at radius 1 is 1.33 bits per heavy atom. The molecule has 2 amide bonds. The molecule has 0 spiro atoms. The van der Waals surface area contributed by atoms with Gasteiger partial charge < -0.3 is 10.2 Å². The van der Waals surface area contributed by atoms with Gasteiger partial charge in [-0.2, -0.15) is 10.2 Å². The summed E-state index contributed by atoms with van der Waals surface area (Å²) >= 11 is 0. The molecule has 1 N–H and O–H groups in total. The summed E-state index contributed by atoms with van der Waals surface area (Å²) in [5, 5.41) is 10.8. The van der Waals surface area contributed by atoms with Crippen molar-refractivity contribution in [3.63, 3.8) is 0 Å². The van der Waals surface area contributed by atoms with Crippen molar-refractivity contribution >= 4 is 17.5 Å². The Morgan fingerprint density at radius 2 is 2.04 bits per heavy atom. The monoisotopic (exact) mass is 380 g/mol. The van der Waals surface area contributed by atoms with E-state index in [4.69, 9.17) is 0 Å². The van der Waals surface area contributed by atoms with Crippen molar-refractivity contribution in [2.75, 3.05) is 19.4 Å². The Labute approximate surface area is 155 Å². The van der Waals surface area contributed by atoms with Crippen molar-refractivity contribution in [3.8, 4) is 0 Å². The van der Waals surface area contributed by atoms with E-state index < -0.39 is 12.3 Å². The Balaban J connectivity index is 1.79. The lowest BCUT2D eigenvalue weighted by molar-refractivity contribution is -0.117. The molecule has 0 unspecified atom stereocenters. The zero-order valence-corrected chi connectivity index (χ0v) is 15.4. The summed E-state index contributed by atoms with van der Waals surface area (Å²) < 4.78 is 29.0. The van der Waals surface area contributed by atoms with Gasteiger partial charge in [-0.05, 0) is 25.8 Å². The maximum atomic E-state index is 13.3. The summed E-state index contributed by atoms with van der Waals surface area (Å²) in [4.78, 5) is 26.2. The zero-order valence-electron chi connectivity index (χ0n) is 15.4. The first kappa shape index (κ1) is 19.0. The molecular formula is C17H22F2N6O2. The molecular weight excluding hydrogens is 358 g/mol. The first-order chi connectivity index (χ1) is 12.8. The van der Waals surface area contributed by atoms with Crippen LogP contribution < -0.4 is 5.32 Å². The molecule has 1 aliphatic rings. The molecule has 2 aromatic heterocycles. The molecule has 0 radical (unpaired) electrons. The summed E-state index contributed by atoms with van der Waals surface area (Å²) in [7, 11) is 3.19. The number of halogens is 2. The number of aromatic nitrogens is 4. The highest BCUT2D eigenvalue weighted by molar-refractivity contribution is 6.02. The van der Waals surface area contributed by atoms with E-state index in [9.17, 15) is 18.4 Å². The van der Waals surface area contributed by atoms with Gasteiger partial charge in [0.05, 0.1) is 17.6 Å². The predicted molar refractivity (Wildman–Crippen MR) is 93.7 cm³/mol. The molecule has 0 aromatic carbocycles. The maximum Gasteiger partial charge on any atom is 0.280 e. The van der Waals surface area contributed by atoms with Gasteiger partial charge >= 0.3 is 0 Å². The van der Waals surface area contributed by atoms with Crippen molar-refractivity contribution in [2.24, 2.45) is 0 Å². The fourth-order valence-electron chi connectivity index (χ4n) is 2.81. The molecule has 8 nitrogen and oxygen atoms in total. The average molecular weight is 380 g/mol. The van der Waals surface area contributed by atoms with Crippen LogP contribution in [-0.2, 0) is 17.9 Å². The molecule has 2 aromatic rings. The van der Waals surface area contributed by atoms with Gasteiger partial charge in [-0.1, -0.05) is 0 Å². The van der Waals surface area contributed by atoms with Crippen LogP contribution >= 0.6 is 0 Å². The minimum absolute atomic E-state index is 0.207. The highest BCUT2D eigenvalue weighted by Crippen LogP contribution is 2.40. The summed E-state index contributed by atoms with van der Waals surface area (Å²) in [5.41, 5.74) is 0.805. The maximum absolute atomic E-state index is 13.3. The van der Waals surface area contributed by atoms with Crippen molar-refractivity contribution in [1.29, 1.82) is 0 Å². The first-order valence-corrected chi connectivity index (χ1v) is 8.74. The Bertz CT molecular complexity index is 854. The van der Waals surface area contributed by atoms with Crippen LogP contribution in [-0.4, -0.2) is 50.4 Å². The van der Waals surface area contributed by atoms with Gasteiger partial charge in [0, 0.05) is 26.6 Å². The highest BCUT2D eigenvalue weighted by Gasteiger charge is 2.29. The van der Waals surface area contributed by atoms with E-state index in [1.165, 1.54) is 21.8 Å². The molecule has 1 fully saturated rings. The third kappa shape index (κ3) is 3.99. The molecule has 0 aliphatic heterocycles. The summed E-state index contributed by atoms with van der Waals surface area (Å²) in [6.45, 7) is 1.91. The third-order valence-electron chi connectivity index (χ3n) is 4.36. The number of amides is 2. The van der Waals surface area contributed by atoms with Crippen molar-refractivity contribution in [3.05, 3.63) is 29.3 Å². The molecule has 0 bridgehead atoms. The lowest BCUT2D eigenvalue weighted by Crippen LogP contribution is -2.27. The average Bonchev–Trinajstić information content (AvgIpc) is 3.25. The minimum atomic E-state index is -2.72. The number of nitrogens with zero attached hydrogens (tertiary/aromatic N) is 5.